The number of halogens is 1. The van der Waals surface area contributed by atoms with Crippen molar-refractivity contribution in [1.29, 1.82) is 0 Å². The number of hydrogen-bond donors (Lipinski definition) is 0. The zero-order valence-corrected chi connectivity index (χ0v) is 10.8. The van der Waals surface area contributed by atoms with Gasteiger partial charge in [0.15, 0.2) is 5.78 Å². The number of hydrogen-bond acceptors (Lipinski definition) is 3. The van der Waals surface area contributed by atoms with Crippen molar-refractivity contribution >= 4 is 27.7 Å². The highest BCUT2D eigenvalue weighted by Gasteiger charge is 2.13. The highest BCUT2D eigenvalue weighted by atomic mass is 79.9. The van der Waals surface area contributed by atoms with E-state index in [9.17, 15) is 9.59 Å². The third kappa shape index (κ3) is 4.14. The first-order valence-electron chi connectivity index (χ1n) is 4.97. The average molecular weight is 285 g/mol. The lowest BCUT2D eigenvalue weighted by Crippen LogP contribution is -2.15. The van der Waals surface area contributed by atoms with E-state index in [1.54, 1.807) is 38.1 Å². The maximum atomic E-state index is 11.6. The molecule has 16 heavy (non-hydrogen) atoms. The van der Waals surface area contributed by atoms with E-state index in [1.165, 1.54) is 0 Å². The molecule has 0 bridgehead atoms. The third-order valence-corrected chi connectivity index (χ3v) is 2.37. The molecule has 0 saturated heterocycles. The number of ether oxygens (including phenoxy) is 1. The molecule has 0 N–H and O–H groups in total. The fourth-order valence-electron chi connectivity index (χ4n) is 1.17. The molecule has 0 amide bonds. The average Bonchev–Trinajstić information content (AvgIpc) is 2.16. The molecule has 0 atom stereocenters. The third-order valence-electron chi connectivity index (χ3n) is 1.84. The Morgan fingerprint density at radius 1 is 1.25 bits per heavy atom. The minimum Gasteiger partial charge on any atom is -0.463 e. The summed E-state index contributed by atoms with van der Waals surface area (Å²) in [5, 5.41) is 0. The van der Waals surface area contributed by atoms with Gasteiger partial charge < -0.3 is 4.74 Å². The molecule has 1 aromatic rings. The Hall–Kier alpha value is -1.16. The van der Waals surface area contributed by atoms with Gasteiger partial charge in [-0.3, -0.25) is 9.59 Å². The van der Waals surface area contributed by atoms with Gasteiger partial charge in [-0.1, -0.05) is 28.1 Å². The fourth-order valence-corrected chi connectivity index (χ4v) is 1.44. The maximum Gasteiger partial charge on any atom is 0.313 e. The van der Waals surface area contributed by atoms with Gasteiger partial charge in [0.25, 0.3) is 0 Å². The van der Waals surface area contributed by atoms with Crippen molar-refractivity contribution in [2.75, 3.05) is 0 Å². The van der Waals surface area contributed by atoms with E-state index in [0.29, 0.717) is 5.56 Å². The summed E-state index contributed by atoms with van der Waals surface area (Å²) in [5.41, 5.74) is 0.518. The lowest BCUT2D eigenvalue weighted by molar-refractivity contribution is -0.146. The van der Waals surface area contributed by atoms with E-state index in [4.69, 9.17) is 4.74 Å². The Labute approximate surface area is 103 Å². The molecule has 0 spiro atoms. The number of rotatable bonds is 4. The number of carbonyl (C=O) groups excluding carboxylic acids is 2. The van der Waals surface area contributed by atoms with Crippen LogP contribution in [0.2, 0.25) is 0 Å². The maximum absolute atomic E-state index is 11.6. The Bertz CT molecular complexity index is 382. The molecule has 0 fully saturated rings. The molecule has 3 nitrogen and oxygen atoms in total. The lowest BCUT2D eigenvalue weighted by Gasteiger charge is -2.07. The van der Waals surface area contributed by atoms with Crippen molar-refractivity contribution in [2.24, 2.45) is 0 Å². The van der Waals surface area contributed by atoms with Crippen LogP contribution < -0.4 is 0 Å². The highest BCUT2D eigenvalue weighted by Crippen LogP contribution is 2.12. The molecular weight excluding hydrogens is 272 g/mol. The van der Waals surface area contributed by atoms with Crippen molar-refractivity contribution in [3.63, 3.8) is 0 Å². The zero-order valence-electron chi connectivity index (χ0n) is 9.20. The normalized spacial score (nSPS) is 10.2. The second-order valence-corrected chi connectivity index (χ2v) is 4.56. The molecule has 0 heterocycles. The molecule has 0 aliphatic heterocycles. The van der Waals surface area contributed by atoms with E-state index >= 15 is 0 Å². The van der Waals surface area contributed by atoms with Crippen LogP contribution in [0, 0.1) is 0 Å². The first kappa shape index (κ1) is 12.9. The van der Waals surface area contributed by atoms with Crippen LogP contribution in [0.25, 0.3) is 0 Å². The number of esters is 1. The quantitative estimate of drug-likeness (QED) is 0.485. The summed E-state index contributed by atoms with van der Waals surface area (Å²) in [6, 6.07) is 6.88. The molecule has 0 aliphatic rings. The molecular formula is C12H13BrO3. The Morgan fingerprint density at radius 2 is 1.81 bits per heavy atom. The summed E-state index contributed by atoms with van der Waals surface area (Å²) in [7, 11) is 0. The fraction of sp³-hybridized carbons (Fsp3) is 0.333. The lowest BCUT2D eigenvalue weighted by atomic mass is 10.1. The van der Waals surface area contributed by atoms with Crippen LogP contribution in [-0.2, 0) is 9.53 Å². The van der Waals surface area contributed by atoms with E-state index in [-0.39, 0.29) is 18.3 Å². The van der Waals surface area contributed by atoms with Gasteiger partial charge in [-0.05, 0) is 26.0 Å². The Balaban J connectivity index is 2.59. The summed E-state index contributed by atoms with van der Waals surface area (Å²) in [6.45, 7) is 3.50. The topological polar surface area (TPSA) is 43.4 Å². The predicted octanol–water partition coefficient (Wildman–Crippen LogP) is 2.97. The van der Waals surface area contributed by atoms with Crippen molar-refractivity contribution in [1.82, 2.24) is 0 Å². The van der Waals surface area contributed by atoms with Crippen LogP contribution >= 0.6 is 15.9 Å². The standard InChI is InChI=1S/C12H13BrO3/c1-8(2)16-12(15)7-11(14)9-3-5-10(13)6-4-9/h3-6,8H,7H2,1-2H3. The molecule has 4 heteroatoms. The monoisotopic (exact) mass is 284 g/mol. The molecule has 0 aliphatic carbocycles. The number of benzene rings is 1. The summed E-state index contributed by atoms with van der Waals surface area (Å²) in [6.07, 6.45) is -0.398. The van der Waals surface area contributed by atoms with Crippen molar-refractivity contribution < 1.29 is 14.3 Å². The van der Waals surface area contributed by atoms with Crippen molar-refractivity contribution in [3.8, 4) is 0 Å². The second-order valence-electron chi connectivity index (χ2n) is 3.65. The molecule has 0 unspecified atom stereocenters. The van der Waals surface area contributed by atoms with E-state index in [0.717, 1.165) is 4.47 Å². The molecule has 0 aromatic heterocycles. The van der Waals surface area contributed by atoms with Gasteiger partial charge in [-0.15, -0.1) is 0 Å². The van der Waals surface area contributed by atoms with Gasteiger partial charge in [0.2, 0.25) is 0 Å². The zero-order chi connectivity index (χ0) is 12.1. The van der Waals surface area contributed by atoms with Gasteiger partial charge in [0, 0.05) is 10.0 Å². The van der Waals surface area contributed by atoms with E-state index in [2.05, 4.69) is 15.9 Å². The predicted molar refractivity (Wildman–Crippen MR) is 64.3 cm³/mol. The van der Waals surface area contributed by atoms with Crippen LogP contribution in [0.15, 0.2) is 28.7 Å². The number of ketones is 1. The van der Waals surface area contributed by atoms with Crippen molar-refractivity contribution in [3.05, 3.63) is 34.3 Å². The molecule has 86 valence electrons. The van der Waals surface area contributed by atoms with Gasteiger partial charge in [0.05, 0.1) is 6.10 Å². The number of carbonyl (C=O) groups is 2. The SMILES string of the molecule is CC(C)OC(=O)CC(=O)c1ccc(Br)cc1. The smallest absolute Gasteiger partial charge is 0.313 e. The Kier molecular flexibility index (Phi) is 4.68. The Morgan fingerprint density at radius 3 is 2.31 bits per heavy atom. The first-order chi connectivity index (χ1) is 7.49. The minimum atomic E-state index is -0.483. The molecule has 0 radical (unpaired) electrons. The van der Waals surface area contributed by atoms with Gasteiger partial charge in [-0.2, -0.15) is 0 Å². The van der Waals surface area contributed by atoms with Crippen LogP contribution in [0.5, 0.6) is 0 Å². The van der Waals surface area contributed by atoms with Gasteiger partial charge in [-0.25, -0.2) is 0 Å². The minimum absolute atomic E-state index is 0.190. The summed E-state index contributed by atoms with van der Waals surface area (Å²) < 4.78 is 5.79. The summed E-state index contributed by atoms with van der Waals surface area (Å²) in [5.74, 6) is -0.707. The summed E-state index contributed by atoms with van der Waals surface area (Å²) >= 11 is 3.28. The van der Waals surface area contributed by atoms with Crippen LogP contribution in [0.3, 0.4) is 0 Å². The van der Waals surface area contributed by atoms with Crippen LogP contribution in [-0.4, -0.2) is 17.9 Å². The second kappa shape index (κ2) is 5.80. The van der Waals surface area contributed by atoms with Gasteiger partial charge in [0.1, 0.15) is 6.42 Å². The highest BCUT2D eigenvalue weighted by molar-refractivity contribution is 9.10. The van der Waals surface area contributed by atoms with Crippen molar-refractivity contribution in [2.45, 2.75) is 26.4 Å². The first-order valence-corrected chi connectivity index (χ1v) is 5.76. The molecule has 1 aromatic carbocycles. The summed E-state index contributed by atoms with van der Waals surface area (Å²) in [4.78, 5) is 22.9. The van der Waals surface area contributed by atoms with E-state index < -0.39 is 5.97 Å². The van der Waals surface area contributed by atoms with Crippen LogP contribution in [0.1, 0.15) is 30.6 Å². The van der Waals surface area contributed by atoms with Crippen LogP contribution in [0.4, 0.5) is 0 Å². The van der Waals surface area contributed by atoms with Gasteiger partial charge >= 0.3 is 5.97 Å². The molecule has 1 rings (SSSR count). The molecule has 0 saturated carbocycles. The number of Topliss-reactive ketones (excluding diaryl/α,β-unsaturated/α-hetero) is 1. The largest absolute Gasteiger partial charge is 0.463 e. The van der Waals surface area contributed by atoms with E-state index in [1.807, 2.05) is 0 Å².